The molecule has 0 unspecified atom stereocenters. The summed E-state index contributed by atoms with van der Waals surface area (Å²) in [5, 5.41) is 21.1. The standard InChI is InChI=1S/C21H33N3O5.CH2O2/c1-4-28-15-18(25)23-20(2)8-12-29-21(19(20)26)6-10-24(11-7-21)14-16-13-17(27-3)5-9-22-16;2-1-3/h5,9,13,19,26H,4,6-8,10-12,14-15H2,1-3H3,(H,23,25);1H,(H,2,3)/t19-,20+;/m1./s1. The SMILES string of the molecule is CCOCC(=O)N[C@@]1(C)CCOC2(CCN(Cc3cc(OC)ccn3)CC2)[C@@H]1O.O=CO. The predicted octanol–water partition coefficient (Wildman–Crippen LogP) is 0.818. The highest BCUT2D eigenvalue weighted by Crippen LogP contribution is 2.40. The number of ether oxygens (including phenoxy) is 3. The molecule has 2 aliphatic heterocycles. The number of methoxy groups -OCH3 is 1. The number of piperidine rings is 1. The summed E-state index contributed by atoms with van der Waals surface area (Å²) in [7, 11) is 1.65. The van der Waals surface area contributed by atoms with Gasteiger partial charge in [0, 0.05) is 45.1 Å². The summed E-state index contributed by atoms with van der Waals surface area (Å²) in [6, 6.07) is 3.78. The molecule has 0 aromatic carbocycles. The zero-order chi connectivity index (χ0) is 23.6. The Balaban J connectivity index is 0.00000114. The second-order valence-electron chi connectivity index (χ2n) is 8.24. The Hall–Kier alpha value is -2.27. The van der Waals surface area contributed by atoms with Gasteiger partial charge in [-0.1, -0.05) is 0 Å². The van der Waals surface area contributed by atoms with E-state index in [2.05, 4.69) is 15.2 Å². The molecular weight excluding hydrogens is 418 g/mol. The van der Waals surface area contributed by atoms with Gasteiger partial charge in [0.05, 0.1) is 23.9 Å². The topological polar surface area (TPSA) is 130 Å². The maximum absolute atomic E-state index is 12.2. The van der Waals surface area contributed by atoms with Crippen molar-refractivity contribution in [1.29, 1.82) is 0 Å². The first-order valence-corrected chi connectivity index (χ1v) is 10.8. The molecule has 2 aliphatic rings. The predicted molar refractivity (Wildman–Crippen MR) is 116 cm³/mol. The molecule has 2 atom stereocenters. The first-order chi connectivity index (χ1) is 15.3. The van der Waals surface area contributed by atoms with E-state index in [-0.39, 0.29) is 19.0 Å². The lowest BCUT2D eigenvalue weighted by Crippen LogP contribution is -2.69. The number of rotatable bonds is 7. The van der Waals surface area contributed by atoms with Crippen molar-refractivity contribution in [3.8, 4) is 5.75 Å². The van der Waals surface area contributed by atoms with Gasteiger partial charge in [-0.15, -0.1) is 0 Å². The molecule has 32 heavy (non-hydrogen) atoms. The van der Waals surface area contributed by atoms with Crippen LogP contribution in [0.1, 0.15) is 38.8 Å². The number of carbonyl (C=O) groups excluding carboxylic acids is 1. The highest BCUT2D eigenvalue weighted by atomic mass is 16.5. The number of pyridine rings is 1. The van der Waals surface area contributed by atoms with Crippen LogP contribution in [0.5, 0.6) is 5.75 Å². The van der Waals surface area contributed by atoms with Crippen molar-refractivity contribution in [3.05, 3.63) is 24.0 Å². The van der Waals surface area contributed by atoms with Crippen LogP contribution >= 0.6 is 0 Å². The third-order valence-corrected chi connectivity index (χ3v) is 6.09. The first-order valence-electron chi connectivity index (χ1n) is 10.8. The number of likely N-dealkylation sites (tertiary alicyclic amines) is 1. The molecule has 0 bridgehead atoms. The fraction of sp³-hybridized carbons (Fsp3) is 0.682. The summed E-state index contributed by atoms with van der Waals surface area (Å²) in [5.41, 5.74) is -0.397. The summed E-state index contributed by atoms with van der Waals surface area (Å²) in [6.07, 6.45) is 2.96. The van der Waals surface area contributed by atoms with Crippen LogP contribution in [0.4, 0.5) is 0 Å². The molecule has 0 aliphatic carbocycles. The first kappa shape index (κ1) is 26.0. The van der Waals surface area contributed by atoms with E-state index in [0.717, 1.165) is 31.1 Å². The number of carboxylic acid groups (broad SMARTS) is 1. The molecule has 10 heteroatoms. The van der Waals surface area contributed by atoms with E-state index in [0.29, 0.717) is 32.5 Å². The molecule has 0 saturated carbocycles. The van der Waals surface area contributed by atoms with Gasteiger partial charge in [-0.3, -0.25) is 19.5 Å². The lowest BCUT2D eigenvalue weighted by molar-refractivity contribution is -0.208. The Bertz CT molecular complexity index is 740. The molecule has 3 rings (SSSR count). The van der Waals surface area contributed by atoms with Crippen molar-refractivity contribution in [2.75, 3.05) is 40.0 Å². The average Bonchev–Trinajstić information content (AvgIpc) is 2.78. The van der Waals surface area contributed by atoms with Crippen LogP contribution < -0.4 is 10.1 Å². The molecule has 2 saturated heterocycles. The minimum atomic E-state index is -0.772. The molecule has 10 nitrogen and oxygen atoms in total. The molecule has 3 heterocycles. The maximum Gasteiger partial charge on any atom is 0.290 e. The number of nitrogens with one attached hydrogen (secondary N) is 1. The molecule has 2 fully saturated rings. The molecule has 180 valence electrons. The number of aliphatic hydroxyl groups excluding tert-OH is 1. The minimum absolute atomic E-state index is 0.00792. The Morgan fingerprint density at radius 2 is 2.09 bits per heavy atom. The van der Waals surface area contributed by atoms with Crippen molar-refractivity contribution >= 4 is 12.4 Å². The second-order valence-corrected chi connectivity index (χ2v) is 8.24. The van der Waals surface area contributed by atoms with Crippen LogP contribution in [0, 0.1) is 0 Å². The molecule has 0 radical (unpaired) electrons. The van der Waals surface area contributed by atoms with Crippen molar-refractivity contribution in [3.63, 3.8) is 0 Å². The number of aromatic nitrogens is 1. The highest BCUT2D eigenvalue weighted by molar-refractivity contribution is 5.78. The summed E-state index contributed by atoms with van der Waals surface area (Å²) in [5.74, 6) is 0.597. The maximum atomic E-state index is 12.2. The summed E-state index contributed by atoms with van der Waals surface area (Å²) >= 11 is 0. The number of hydrogen-bond donors (Lipinski definition) is 3. The quantitative estimate of drug-likeness (QED) is 0.514. The lowest BCUT2D eigenvalue weighted by atomic mass is 9.73. The number of nitrogens with zero attached hydrogens (tertiary/aromatic N) is 2. The number of amides is 1. The lowest BCUT2D eigenvalue weighted by Gasteiger charge is -2.53. The summed E-state index contributed by atoms with van der Waals surface area (Å²) < 4.78 is 16.6. The van der Waals surface area contributed by atoms with Crippen molar-refractivity contribution in [2.24, 2.45) is 0 Å². The molecule has 1 aromatic rings. The third-order valence-electron chi connectivity index (χ3n) is 6.09. The van der Waals surface area contributed by atoms with Crippen molar-refractivity contribution < 1.29 is 34.0 Å². The Morgan fingerprint density at radius 1 is 1.41 bits per heavy atom. The van der Waals surface area contributed by atoms with Gasteiger partial charge in [-0.05, 0) is 39.2 Å². The summed E-state index contributed by atoms with van der Waals surface area (Å²) in [6.45, 7) is 6.82. The third kappa shape index (κ3) is 6.61. The zero-order valence-electron chi connectivity index (χ0n) is 19.1. The van der Waals surface area contributed by atoms with Gasteiger partial charge in [-0.25, -0.2) is 0 Å². The molecular formula is C22H35N3O7. The smallest absolute Gasteiger partial charge is 0.290 e. The van der Waals surface area contributed by atoms with Gasteiger partial charge in [-0.2, -0.15) is 0 Å². The average molecular weight is 454 g/mol. The van der Waals surface area contributed by atoms with Crippen LogP contribution in [-0.4, -0.2) is 89.7 Å². The van der Waals surface area contributed by atoms with Gasteiger partial charge in [0.1, 0.15) is 18.5 Å². The van der Waals surface area contributed by atoms with Gasteiger partial charge >= 0.3 is 0 Å². The highest BCUT2D eigenvalue weighted by Gasteiger charge is 2.53. The van der Waals surface area contributed by atoms with Crippen molar-refractivity contribution in [2.45, 2.75) is 56.9 Å². The Morgan fingerprint density at radius 3 is 2.72 bits per heavy atom. The number of carbonyl (C=O) groups is 2. The fourth-order valence-electron chi connectivity index (χ4n) is 4.35. The van der Waals surface area contributed by atoms with Crippen molar-refractivity contribution in [1.82, 2.24) is 15.2 Å². The molecule has 1 spiro atoms. The second kappa shape index (κ2) is 12.1. The minimum Gasteiger partial charge on any atom is -0.497 e. The van der Waals surface area contributed by atoms with Crippen LogP contribution in [0.2, 0.25) is 0 Å². The molecule has 1 amide bonds. The van der Waals surface area contributed by atoms with E-state index in [1.54, 1.807) is 13.3 Å². The Labute approximate surface area is 188 Å². The number of aliphatic hydroxyl groups is 1. The van der Waals surface area contributed by atoms with Crippen LogP contribution in [0.25, 0.3) is 0 Å². The number of hydrogen-bond acceptors (Lipinski definition) is 8. The van der Waals surface area contributed by atoms with E-state index in [1.807, 2.05) is 26.0 Å². The van der Waals surface area contributed by atoms with E-state index in [9.17, 15) is 9.90 Å². The van der Waals surface area contributed by atoms with E-state index in [4.69, 9.17) is 24.1 Å². The summed E-state index contributed by atoms with van der Waals surface area (Å²) in [4.78, 5) is 27.3. The largest absolute Gasteiger partial charge is 0.497 e. The normalized spacial score (nSPS) is 24.8. The van der Waals surface area contributed by atoms with Gasteiger partial charge in [0.25, 0.3) is 6.47 Å². The zero-order valence-corrected chi connectivity index (χ0v) is 19.1. The van der Waals surface area contributed by atoms with E-state index < -0.39 is 17.2 Å². The van der Waals surface area contributed by atoms with Crippen LogP contribution in [0.3, 0.4) is 0 Å². The molecule has 1 aromatic heterocycles. The van der Waals surface area contributed by atoms with Gasteiger partial charge in [0.2, 0.25) is 5.91 Å². The van der Waals surface area contributed by atoms with Gasteiger partial charge < -0.3 is 29.7 Å². The van der Waals surface area contributed by atoms with Gasteiger partial charge in [0.15, 0.2) is 0 Å². The van der Waals surface area contributed by atoms with Crippen LogP contribution in [0.15, 0.2) is 18.3 Å². The monoisotopic (exact) mass is 453 g/mol. The fourth-order valence-corrected chi connectivity index (χ4v) is 4.35. The van der Waals surface area contributed by atoms with E-state index in [1.165, 1.54) is 0 Å². The Kier molecular flexibility index (Phi) is 9.83. The van der Waals surface area contributed by atoms with Crippen LogP contribution in [-0.2, 0) is 25.6 Å². The molecule has 3 N–H and O–H groups in total. The van der Waals surface area contributed by atoms with E-state index >= 15 is 0 Å².